The van der Waals surface area contributed by atoms with E-state index < -0.39 is 11.8 Å². The monoisotopic (exact) mass is 388 g/mol. The molecule has 0 aliphatic rings. The molecule has 0 radical (unpaired) electrons. The van der Waals surface area contributed by atoms with Crippen LogP contribution < -0.4 is 16.2 Å². The highest BCUT2D eigenvalue weighted by Gasteiger charge is 2.12. The summed E-state index contributed by atoms with van der Waals surface area (Å²) in [7, 11) is 1.67. The second-order valence-electron chi connectivity index (χ2n) is 5.99. The van der Waals surface area contributed by atoms with Gasteiger partial charge >= 0.3 is 0 Å². The number of anilines is 1. The van der Waals surface area contributed by atoms with Gasteiger partial charge in [-0.3, -0.25) is 23.6 Å². The summed E-state index contributed by atoms with van der Waals surface area (Å²) < 4.78 is 2.63. The number of benzene rings is 1. The Hall–Kier alpha value is -3.20. The Bertz CT molecular complexity index is 1090. The van der Waals surface area contributed by atoms with E-state index in [1.807, 2.05) is 13.0 Å². The largest absolute Gasteiger partial charge is 0.345 e. The van der Waals surface area contributed by atoms with Crippen LogP contribution in [0.2, 0.25) is 5.02 Å². The number of aromatic nitrogens is 4. The molecular formula is C17H17ClN6O3. The first-order valence-corrected chi connectivity index (χ1v) is 8.43. The van der Waals surface area contributed by atoms with E-state index in [0.29, 0.717) is 21.7 Å². The van der Waals surface area contributed by atoms with E-state index in [-0.39, 0.29) is 18.6 Å². The molecule has 2 amide bonds. The molecule has 2 heterocycles. The summed E-state index contributed by atoms with van der Waals surface area (Å²) in [5.41, 5.74) is 1.49. The number of hydrogen-bond donors (Lipinski definition) is 2. The van der Waals surface area contributed by atoms with Gasteiger partial charge in [-0.25, -0.2) is 4.98 Å². The van der Waals surface area contributed by atoms with E-state index in [4.69, 9.17) is 11.6 Å². The summed E-state index contributed by atoms with van der Waals surface area (Å²) in [5, 5.41) is 9.78. The molecule has 0 aliphatic heterocycles. The molecule has 0 aliphatic carbocycles. The van der Waals surface area contributed by atoms with Crippen LogP contribution >= 0.6 is 11.6 Å². The van der Waals surface area contributed by atoms with Crippen LogP contribution in [-0.2, 0) is 23.2 Å². The third-order valence-electron chi connectivity index (χ3n) is 3.88. The fourth-order valence-electron chi connectivity index (χ4n) is 2.48. The summed E-state index contributed by atoms with van der Waals surface area (Å²) in [6.07, 6.45) is 2.68. The van der Waals surface area contributed by atoms with Crippen molar-refractivity contribution in [3.8, 4) is 0 Å². The van der Waals surface area contributed by atoms with Crippen molar-refractivity contribution in [3.05, 3.63) is 51.7 Å². The number of hydrogen-bond acceptors (Lipinski definition) is 5. The van der Waals surface area contributed by atoms with Gasteiger partial charge in [0.05, 0.1) is 23.5 Å². The van der Waals surface area contributed by atoms with Gasteiger partial charge in [0.2, 0.25) is 11.8 Å². The second-order valence-corrected chi connectivity index (χ2v) is 6.40. The van der Waals surface area contributed by atoms with Gasteiger partial charge in [0.1, 0.15) is 18.3 Å². The maximum absolute atomic E-state index is 12.3. The number of rotatable bonds is 5. The molecule has 0 fully saturated rings. The number of aryl methyl sites for hydroxylation is 2. The van der Waals surface area contributed by atoms with Gasteiger partial charge in [0, 0.05) is 7.05 Å². The van der Waals surface area contributed by atoms with E-state index >= 15 is 0 Å². The molecule has 0 atom stereocenters. The van der Waals surface area contributed by atoms with Crippen LogP contribution in [0.3, 0.4) is 0 Å². The first-order chi connectivity index (χ1) is 12.8. The van der Waals surface area contributed by atoms with Crippen molar-refractivity contribution in [2.24, 2.45) is 7.05 Å². The number of nitrogens with zero attached hydrogens (tertiary/aromatic N) is 4. The third kappa shape index (κ3) is 4.14. The third-order valence-corrected chi connectivity index (χ3v) is 4.19. The molecule has 2 aromatic heterocycles. The van der Waals surface area contributed by atoms with Crippen molar-refractivity contribution < 1.29 is 9.59 Å². The summed E-state index contributed by atoms with van der Waals surface area (Å²) in [4.78, 5) is 40.5. The van der Waals surface area contributed by atoms with Gasteiger partial charge in [-0.2, -0.15) is 5.10 Å². The fraction of sp³-hybridized carbons (Fsp3) is 0.235. The van der Waals surface area contributed by atoms with Gasteiger partial charge in [-0.15, -0.1) is 0 Å². The molecule has 27 heavy (non-hydrogen) atoms. The number of amides is 2. The lowest BCUT2D eigenvalue weighted by Gasteiger charge is -2.09. The minimum Gasteiger partial charge on any atom is -0.345 e. The molecule has 140 valence electrons. The highest BCUT2D eigenvalue weighted by atomic mass is 35.5. The van der Waals surface area contributed by atoms with Crippen molar-refractivity contribution in [1.29, 1.82) is 0 Å². The zero-order valence-electron chi connectivity index (χ0n) is 14.7. The SMILES string of the molecule is Cc1ccc(NC(=O)CNC(=O)Cn2cnc3c(cnn3C)c2=O)c(Cl)c1. The Morgan fingerprint density at radius 2 is 2.04 bits per heavy atom. The Labute approximate surface area is 159 Å². The van der Waals surface area contributed by atoms with Crippen LogP contribution in [0.5, 0.6) is 0 Å². The quantitative estimate of drug-likeness (QED) is 0.673. The van der Waals surface area contributed by atoms with E-state index in [1.54, 1.807) is 19.2 Å². The molecule has 0 spiro atoms. The fourth-order valence-corrected chi connectivity index (χ4v) is 2.77. The second kappa shape index (κ2) is 7.58. The van der Waals surface area contributed by atoms with E-state index in [2.05, 4.69) is 20.7 Å². The Morgan fingerprint density at radius 3 is 2.78 bits per heavy atom. The van der Waals surface area contributed by atoms with Crippen molar-refractivity contribution in [2.45, 2.75) is 13.5 Å². The smallest absolute Gasteiger partial charge is 0.264 e. The van der Waals surface area contributed by atoms with Crippen molar-refractivity contribution >= 4 is 40.1 Å². The van der Waals surface area contributed by atoms with Gasteiger partial charge in [-0.1, -0.05) is 17.7 Å². The predicted octanol–water partition coefficient (Wildman–Crippen LogP) is 0.847. The topological polar surface area (TPSA) is 111 Å². The van der Waals surface area contributed by atoms with Gasteiger partial charge in [0.15, 0.2) is 5.65 Å². The molecule has 0 unspecified atom stereocenters. The first-order valence-electron chi connectivity index (χ1n) is 8.05. The highest BCUT2D eigenvalue weighted by molar-refractivity contribution is 6.33. The van der Waals surface area contributed by atoms with Crippen LogP contribution in [-0.4, -0.2) is 37.7 Å². The normalized spacial score (nSPS) is 10.8. The Kier molecular flexibility index (Phi) is 5.22. The summed E-state index contributed by atoms with van der Waals surface area (Å²) >= 11 is 6.06. The lowest BCUT2D eigenvalue weighted by atomic mass is 10.2. The van der Waals surface area contributed by atoms with Crippen LogP contribution in [0.4, 0.5) is 5.69 Å². The number of carbonyl (C=O) groups excluding carboxylic acids is 2. The molecule has 0 bridgehead atoms. The average Bonchev–Trinajstić information content (AvgIpc) is 3.00. The highest BCUT2D eigenvalue weighted by Crippen LogP contribution is 2.22. The van der Waals surface area contributed by atoms with Crippen molar-refractivity contribution in [2.75, 3.05) is 11.9 Å². The molecule has 3 rings (SSSR count). The number of fused-ring (bicyclic) bond motifs is 1. The molecule has 0 saturated carbocycles. The van der Waals surface area contributed by atoms with E-state index in [9.17, 15) is 14.4 Å². The zero-order valence-corrected chi connectivity index (χ0v) is 15.4. The molecule has 2 N–H and O–H groups in total. The lowest BCUT2D eigenvalue weighted by Crippen LogP contribution is -2.37. The van der Waals surface area contributed by atoms with E-state index in [1.165, 1.54) is 17.2 Å². The van der Waals surface area contributed by atoms with Crippen LogP contribution in [0.25, 0.3) is 11.0 Å². The zero-order chi connectivity index (χ0) is 19.6. The maximum Gasteiger partial charge on any atom is 0.264 e. The Morgan fingerprint density at radius 1 is 1.26 bits per heavy atom. The minimum atomic E-state index is -0.493. The lowest BCUT2D eigenvalue weighted by molar-refractivity contribution is -0.124. The summed E-state index contributed by atoms with van der Waals surface area (Å²) in [6.45, 7) is 1.38. The van der Waals surface area contributed by atoms with Crippen molar-refractivity contribution in [1.82, 2.24) is 24.6 Å². The number of nitrogens with one attached hydrogen (secondary N) is 2. The van der Waals surface area contributed by atoms with Crippen molar-refractivity contribution in [3.63, 3.8) is 0 Å². The average molecular weight is 389 g/mol. The number of carbonyl (C=O) groups is 2. The minimum absolute atomic E-state index is 0.250. The standard InChI is InChI=1S/C17H17ClN6O3/c1-10-3-4-13(12(18)5-10)22-14(25)7-19-15(26)8-24-9-20-16-11(17(24)27)6-21-23(16)2/h3-6,9H,7-8H2,1-2H3,(H,19,26)(H,22,25). The predicted molar refractivity (Wildman–Crippen MR) is 101 cm³/mol. The maximum atomic E-state index is 12.3. The molecule has 0 saturated heterocycles. The van der Waals surface area contributed by atoms with Crippen LogP contribution in [0.1, 0.15) is 5.56 Å². The molecule has 1 aromatic carbocycles. The van der Waals surface area contributed by atoms with Gasteiger partial charge < -0.3 is 10.6 Å². The van der Waals surface area contributed by atoms with Crippen LogP contribution in [0, 0.1) is 6.92 Å². The first kappa shape index (κ1) is 18.6. The Balaban J connectivity index is 1.59. The van der Waals surface area contributed by atoms with Gasteiger partial charge in [-0.05, 0) is 24.6 Å². The molecular weight excluding hydrogens is 372 g/mol. The van der Waals surface area contributed by atoms with Gasteiger partial charge in [0.25, 0.3) is 5.56 Å². The number of halogens is 1. The van der Waals surface area contributed by atoms with E-state index in [0.717, 1.165) is 10.1 Å². The summed E-state index contributed by atoms with van der Waals surface area (Å²) in [5.74, 6) is -0.922. The molecule has 10 heteroatoms. The summed E-state index contributed by atoms with van der Waals surface area (Å²) in [6, 6.07) is 5.23. The van der Waals surface area contributed by atoms with Crippen LogP contribution in [0.15, 0.2) is 35.5 Å². The molecule has 3 aromatic rings. The molecule has 9 nitrogen and oxygen atoms in total.